The van der Waals surface area contributed by atoms with Crippen LogP contribution in [-0.2, 0) is 0 Å². The van der Waals surface area contributed by atoms with Crippen LogP contribution in [0.25, 0.3) is 10.9 Å². The zero-order chi connectivity index (χ0) is 11.8. The van der Waals surface area contributed by atoms with Crippen molar-refractivity contribution in [2.75, 3.05) is 5.32 Å². The van der Waals surface area contributed by atoms with Crippen LogP contribution in [-0.4, -0.2) is 16.0 Å². The summed E-state index contributed by atoms with van der Waals surface area (Å²) in [5, 5.41) is 4.11. The van der Waals surface area contributed by atoms with Crippen molar-refractivity contribution >= 4 is 16.7 Å². The number of aromatic nitrogens is 2. The van der Waals surface area contributed by atoms with Gasteiger partial charge in [-0.25, -0.2) is 14.4 Å². The highest BCUT2D eigenvalue weighted by Crippen LogP contribution is 2.34. The molecule has 0 saturated heterocycles. The summed E-state index contributed by atoms with van der Waals surface area (Å²) >= 11 is 0. The summed E-state index contributed by atoms with van der Waals surface area (Å²) in [6.45, 7) is 2.14. The lowest BCUT2D eigenvalue weighted by atomic mass is 10.2. The zero-order valence-corrected chi connectivity index (χ0v) is 9.65. The van der Waals surface area contributed by atoms with E-state index in [9.17, 15) is 4.39 Å². The predicted octanol–water partition coefficient (Wildman–Crippen LogP) is 2.98. The summed E-state index contributed by atoms with van der Waals surface area (Å²) < 4.78 is 13.6. The molecule has 1 aliphatic carbocycles. The van der Waals surface area contributed by atoms with Gasteiger partial charge in [0.15, 0.2) is 0 Å². The number of benzene rings is 1. The molecule has 1 atom stereocenters. The molecule has 1 aromatic carbocycles. The number of nitrogens with zero attached hydrogens (tertiary/aromatic N) is 2. The minimum Gasteiger partial charge on any atom is -0.367 e. The van der Waals surface area contributed by atoms with Gasteiger partial charge in [0.25, 0.3) is 0 Å². The molecule has 1 aliphatic rings. The molecule has 3 rings (SSSR count). The maximum atomic E-state index is 13.6. The van der Waals surface area contributed by atoms with Crippen molar-refractivity contribution in [3.63, 3.8) is 0 Å². The number of hydrogen-bond acceptors (Lipinski definition) is 3. The van der Waals surface area contributed by atoms with Gasteiger partial charge in [-0.1, -0.05) is 6.07 Å². The third kappa shape index (κ3) is 1.95. The standard InChI is InChI=1S/C13H14FN3/c1-8(9-5-6-9)17-13-10-3-2-4-11(14)12(10)15-7-16-13/h2-4,7-9H,5-6H2,1H3,(H,15,16,17). The summed E-state index contributed by atoms with van der Waals surface area (Å²) in [4.78, 5) is 8.19. The molecule has 2 aromatic rings. The third-order valence-corrected chi connectivity index (χ3v) is 3.31. The predicted molar refractivity (Wildman–Crippen MR) is 65.3 cm³/mol. The molecule has 3 nitrogen and oxygen atoms in total. The lowest BCUT2D eigenvalue weighted by Gasteiger charge is -2.14. The maximum absolute atomic E-state index is 13.6. The average molecular weight is 231 g/mol. The smallest absolute Gasteiger partial charge is 0.149 e. The second-order valence-electron chi connectivity index (χ2n) is 4.63. The topological polar surface area (TPSA) is 37.8 Å². The van der Waals surface area contributed by atoms with Gasteiger partial charge in [0.1, 0.15) is 23.5 Å². The zero-order valence-electron chi connectivity index (χ0n) is 9.65. The molecule has 0 spiro atoms. The second-order valence-corrected chi connectivity index (χ2v) is 4.63. The van der Waals surface area contributed by atoms with Crippen LogP contribution in [0.4, 0.5) is 10.2 Å². The molecule has 0 radical (unpaired) electrons. The Kier molecular flexibility index (Phi) is 2.42. The van der Waals surface area contributed by atoms with Gasteiger partial charge >= 0.3 is 0 Å². The van der Waals surface area contributed by atoms with Crippen LogP contribution in [0.5, 0.6) is 0 Å². The highest BCUT2D eigenvalue weighted by Gasteiger charge is 2.28. The number of hydrogen-bond donors (Lipinski definition) is 1. The number of halogens is 1. The Morgan fingerprint density at radius 1 is 1.35 bits per heavy atom. The minimum atomic E-state index is -0.299. The third-order valence-electron chi connectivity index (χ3n) is 3.31. The minimum absolute atomic E-state index is 0.299. The molecule has 88 valence electrons. The van der Waals surface area contributed by atoms with Crippen LogP contribution < -0.4 is 5.32 Å². The molecule has 17 heavy (non-hydrogen) atoms. The van der Waals surface area contributed by atoms with Crippen molar-refractivity contribution in [1.82, 2.24) is 9.97 Å². The fraction of sp³-hybridized carbons (Fsp3) is 0.385. The van der Waals surface area contributed by atoms with Crippen molar-refractivity contribution < 1.29 is 4.39 Å². The first-order valence-corrected chi connectivity index (χ1v) is 5.91. The first-order chi connectivity index (χ1) is 8.25. The highest BCUT2D eigenvalue weighted by atomic mass is 19.1. The van der Waals surface area contributed by atoms with E-state index in [4.69, 9.17) is 0 Å². The number of para-hydroxylation sites is 1. The highest BCUT2D eigenvalue weighted by molar-refractivity contribution is 5.89. The first kappa shape index (κ1) is 10.4. The van der Waals surface area contributed by atoms with E-state index in [1.54, 1.807) is 6.07 Å². The number of anilines is 1. The lowest BCUT2D eigenvalue weighted by Crippen LogP contribution is -2.18. The van der Waals surface area contributed by atoms with E-state index < -0.39 is 0 Å². The van der Waals surface area contributed by atoms with Gasteiger partial charge in [0.2, 0.25) is 0 Å². The summed E-state index contributed by atoms with van der Waals surface area (Å²) in [6.07, 6.45) is 3.95. The maximum Gasteiger partial charge on any atom is 0.149 e. The summed E-state index contributed by atoms with van der Waals surface area (Å²) in [5.74, 6) is 1.16. The summed E-state index contributed by atoms with van der Waals surface area (Å²) in [6, 6.07) is 5.34. The first-order valence-electron chi connectivity index (χ1n) is 5.91. The summed E-state index contributed by atoms with van der Waals surface area (Å²) in [7, 11) is 0. The molecule has 0 bridgehead atoms. The van der Waals surface area contributed by atoms with E-state index in [2.05, 4.69) is 22.2 Å². The van der Waals surface area contributed by atoms with Gasteiger partial charge in [0.05, 0.1) is 0 Å². The van der Waals surface area contributed by atoms with E-state index in [0.29, 0.717) is 11.6 Å². The molecule has 1 fully saturated rings. The average Bonchev–Trinajstić information content (AvgIpc) is 3.14. The van der Waals surface area contributed by atoms with Gasteiger partial charge in [-0.3, -0.25) is 0 Å². The molecule has 0 aliphatic heterocycles. The Hall–Kier alpha value is -1.71. The van der Waals surface area contributed by atoms with Crippen molar-refractivity contribution in [3.05, 3.63) is 30.3 Å². The van der Waals surface area contributed by atoms with Crippen LogP contribution in [0.1, 0.15) is 19.8 Å². The van der Waals surface area contributed by atoms with Crippen LogP contribution >= 0.6 is 0 Å². The van der Waals surface area contributed by atoms with Crippen molar-refractivity contribution in [1.29, 1.82) is 0 Å². The van der Waals surface area contributed by atoms with Crippen LogP contribution in [0.15, 0.2) is 24.5 Å². The van der Waals surface area contributed by atoms with E-state index >= 15 is 0 Å². The van der Waals surface area contributed by atoms with Gasteiger partial charge in [-0.05, 0) is 37.8 Å². The Morgan fingerprint density at radius 2 is 2.18 bits per heavy atom. The molecule has 1 heterocycles. The lowest BCUT2D eigenvalue weighted by molar-refractivity contribution is 0.636. The molecule has 1 aromatic heterocycles. The Labute approximate surface area is 99.1 Å². The Bertz CT molecular complexity index is 551. The van der Waals surface area contributed by atoms with Gasteiger partial charge in [0, 0.05) is 11.4 Å². The fourth-order valence-electron chi connectivity index (χ4n) is 2.10. The van der Waals surface area contributed by atoms with Crippen molar-refractivity contribution in [2.45, 2.75) is 25.8 Å². The molecule has 0 amide bonds. The largest absolute Gasteiger partial charge is 0.367 e. The van der Waals surface area contributed by atoms with Crippen LogP contribution in [0.2, 0.25) is 0 Å². The van der Waals surface area contributed by atoms with Gasteiger partial charge < -0.3 is 5.32 Å². The quantitative estimate of drug-likeness (QED) is 0.882. The van der Waals surface area contributed by atoms with Crippen LogP contribution in [0.3, 0.4) is 0 Å². The molecular formula is C13H14FN3. The Balaban J connectivity index is 2.00. The van der Waals surface area contributed by atoms with Gasteiger partial charge in [-0.15, -0.1) is 0 Å². The van der Waals surface area contributed by atoms with E-state index in [1.165, 1.54) is 25.2 Å². The van der Waals surface area contributed by atoms with E-state index in [1.807, 2.05) is 6.07 Å². The van der Waals surface area contributed by atoms with Gasteiger partial charge in [-0.2, -0.15) is 0 Å². The Morgan fingerprint density at radius 3 is 2.94 bits per heavy atom. The number of fused-ring (bicyclic) bond motifs is 1. The van der Waals surface area contributed by atoms with E-state index in [0.717, 1.165) is 17.1 Å². The number of nitrogens with one attached hydrogen (secondary N) is 1. The molecule has 1 saturated carbocycles. The van der Waals surface area contributed by atoms with Crippen LogP contribution in [0, 0.1) is 11.7 Å². The van der Waals surface area contributed by atoms with Crippen molar-refractivity contribution in [3.8, 4) is 0 Å². The second kappa shape index (κ2) is 3.95. The molecule has 1 N–H and O–H groups in total. The van der Waals surface area contributed by atoms with Crippen molar-refractivity contribution in [2.24, 2.45) is 5.92 Å². The SMILES string of the molecule is CC(Nc1ncnc2c(F)cccc12)C1CC1. The molecule has 1 unspecified atom stereocenters. The monoisotopic (exact) mass is 231 g/mol. The normalized spacial score (nSPS) is 17.1. The molecular weight excluding hydrogens is 217 g/mol. The summed E-state index contributed by atoms with van der Waals surface area (Å²) in [5.41, 5.74) is 0.382. The number of rotatable bonds is 3. The fourth-order valence-corrected chi connectivity index (χ4v) is 2.10. The van der Waals surface area contributed by atoms with E-state index in [-0.39, 0.29) is 5.82 Å². The molecule has 4 heteroatoms.